The van der Waals surface area contributed by atoms with Crippen LogP contribution in [0.3, 0.4) is 0 Å². The first-order valence-electron chi connectivity index (χ1n) is 6.07. The number of benzene rings is 1. The first kappa shape index (κ1) is 12.1. The van der Waals surface area contributed by atoms with Gasteiger partial charge < -0.3 is 10.5 Å². The fourth-order valence-corrected chi connectivity index (χ4v) is 2.58. The molecule has 1 aromatic carbocycles. The summed E-state index contributed by atoms with van der Waals surface area (Å²) in [7, 11) is 0. The number of fused-ring (bicyclic) bond motifs is 1. The van der Waals surface area contributed by atoms with Crippen molar-refractivity contribution in [3.8, 4) is 5.75 Å². The number of nitrogens with zero attached hydrogens (tertiary/aromatic N) is 3. The molecule has 0 aliphatic rings. The Kier molecular flexibility index (Phi) is 3.43. The van der Waals surface area contributed by atoms with Crippen LogP contribution in [0.25, 0.3) is 4.96 Å². The zero-order valence-corrected chi connectivity index (χ0v) is 11.1. The van der Waals surface area contributed by atoms with Crippen LogP contribution in [0, 0.1) is 0 Å². The van der Waals surface area contributed by atoms with Gasteiger partial charge in [0.15, 0.2) is 5.01 Å². The van der Waals surface area contributed by atoms with E-state index >= 15 is 0 Å². The van der Waals surface area contributed by atoms with Crippen molar-refractivity contribution in [1.29, 1.82) is 0 Å². The van der Waals surface area contributed by atoms with Crippen molar-refractivity contribution in [2.75, 3.05) is 6.54 Å². The van der Waals surface area contributed by atoms with Gasteiger partial charge >= 0.3 is 0 Å². The Morgan fingerprint density at radius 2 is 2.11 bits per heavy atom. The third-order valence-electron chi connectivity index (χ3n) is 2.64. The number of hydrogen-bond acceptors (Lipinski definition) is 5. The minimum Gasteiger partial charge on any atom is -0.486 e. The quantitative estimate of drug-likeness (QED) is 0.771. The van der Waals surface area contributed by atoms with Gasteiger partial charge in [0.25, 0.3) is 0 Å². The van der Waals surface area contributed by atoms with Crippen LogP contribution < -0.4 is 10.5 Å². The van der Waals surface area contributed by atoms with E-state index in [-0.39, 0.29) is 0 Å². The highest BCUT2D eigenvalue weighted by Gasteiger charge is 2.08. The smallest absolute Gasteiger partial charge is 0.212 e. The van der Waals surface area contributed by atoms with Crippen molar-refractivity contribution < 1.29 is 4.74 Å². The molecule has 0 aliphatic heterocycles. The molecule has 0 amide bonds. The van der Waals surface area contributed by atoms with E-state index in [4.69, 9.17) is 10.5 Å². The van der Waals surface area contributed by atoms with Gasteiger partial charge in [-0.25, -0.2) is 9.50 Å². The third kappa shape index (κ3) is 2.74. The molecule has 3 aromatic rings. The van der Waals surface area contributed by atoms with E-state index in [0.29, 0.717) is 13.2 Å². The summed E-state index contributed by atoms with van der Waals surface area (Å²) in [6, 6.07) is 9.71. The molecule has 5 nitrogen and oxygen atoms in total. The molecule has 19 heavy (non-hydrogen) atoms. The highest BCUT2D eigenvalue weighted by atomic mass is 32.1. The number of nitrogens with two attached hydrogens (primary N) is 1. The first-order chi connectivity index (χ1) is 9.35. The molecule has 0 unspecified atom stereocenters. The molecule has 2 N–H and O–H groups in total. The number of para-hydroxylation sites is 1. The number of imidazole rings is 1. The minimum atomic E-state index is 0.463. The van der Waals surface area contributed by atoms with E-state index in [1.807, 2.05) is 36.5 Å². The van der Waals surface area contributed by atoms with Crippen LogP contribution in [0.5, 0.6) is 5.75 Å². The van der Waals surface area contributed by atoms with Crippen LogP contribution in [-0.4, -0.2) is 21.1 Å². The van der Waals surface area contributed by atoms with Crippen LogP contribution >= 0.6 is 11.3 Å². The summed E-state index contributed by atoms with van der Waals surface area (Å²) in [6.07, 6.45) is 2.70. The predicted molar refractivity (Wildman–Crippen MR) is 74.4 cm³/mol. The SMILES string of the molecule is NCCc1cn2nc(COc3ccccc3)sc2n1. The van der Waals surface area contributed by atoms with Gasteiger partial charge in [0.2, 0.25) is 4.96 Å². The van der Waals surface area contributed by atoms with Gasteiger partial charge in [-0.15, -0.1) is 0 Å². The van der Waals surface area contributed by atoms with Crippen molar-refractivity contribution in [2.45, 2.75) is 13.0 Å². The third-order valence-corrected chi connectivity index (χ3v) is 3.54. The fourth-order valence-electron chi connectivity index (χ4n) is 1.77. The van der Waals surface area contributed by atoms with Gasteiger partial charge in [-0.05, 0) is 18.7 Å². The summed E-state index contributed by atoms with van der Waals surface area (Å²) in [5.74, 6) is 0.846. The van der Waals surface area contributed by atoms with Crippen molar-refractivity contribution in [2.24, 2.45) is 5.73 Å². The van der Waals surface area contributed by atoms with Gasteiger partial charge in [0.05, 0.1) is 11.9 Å². The topological polar surface area (TPSA) is 65.4 Å². The van der Waals surface area contributed by atoms with E-state index in [1.165, 1.54) is 11.3 Å². The summed E-state index contributed by atoms with van der Waals surface area (Å²) in [4.78, 5) is 5.35. The van der Waals surface area contributed by atoms with Crippen LogP contribution in [0.15, 0.2) is 36.5 Å². The second kappa shape index (κ2) is 5.38. The molecule has 0 saturated heterocycles. The molecular weight excluding hydrogens is 260 g/mol. The lowest BCUT2D eigenvalue weighted by atomic mass is 10.3. The second-order valence-corrected chi connectivity index (χ2v) is 5.14. The van der Waals surface area contributed by atoms with E-state index in [0.717, 1.165) is 27.8 Å². The molecule has 3 rings (SSSR count). The molecule has 0 radical (unpaired) electrons. The van der Waals surface area contributed by atoms with Gasteiger partial charge in [-0.3, -0.25) is 0 Å². The molecule has 0 fully saturated rings. The number of aromatic nitrogens is 3. The Balaban J connectivity index is 1.70. The van der Waals surface area contributed by atoms with E-state index in [9.17, 15) is 0 Å². The average molecular weight is 274 g/mol. The Morgan fingerprint density at radius 3 is 2.84 bits per heavy atom. The number of hydrogen-bond donors (Lipinski definition) is 1. The minimum absolute atomic E-state index is 0.463. The van der Waals surface area contributed by atoms with Crippen LogP contribution in [0.1, 0.15) is 10.7 Å². The van der Waals surface area contributed by atoms with Crippen molar-refractivity contribution in [3.63, 3.8) is 0 Å². The maximum Gasteiger partial charge on any atom is 0.212 e. The molecular formula is C13H14N4OS. The number of ether oxygens (including phenoxy) is 1. The molecule has 2 aromatic heterocycles. The molecule has 2 heterocycles. The predicted octanol–water partition coefficient (Wildman–Crippen LogP) is 1.87. The summed E-state index contributed by atoms with van der Waals surface area (Å²) in [5.41, 5.74) is 6.49. The van der Waals surface area contributed by atoms with Crippen LogP contribution in [0.2, 0.25) is 0 Å². The van der Waals surface area contributed by atoms with E-state index in [2.05, 4.69) is 10.1 Å². The maximum absolute atomic E-state index is 5.66. The lowest BCUT2D eigenvalue weighted by molar-refractivity contribution is 0.304. The molecule has 0 saturated carbocycles. The number of rotatable bonds is 5. The Hall–Kier alpha value is -1.92. The van der Waals surface area contributed by atoms with Gasteiger partial charge in [-0.2, -0.15) is 5.10 Å². The van der Waals surface area contributed by atoms with Crippen molar-refractivity contribution >= 4 is 16.3 Å². The largest absolute Gasteiger partial charge is 0.486 e. The van der Waals surface area contributed by atoms with Crippen LogP contribution in [-0.2, 0) is 13.0 Å². The maximum atomic E-state index is 5.66. The standard InChI is InChI=1S/C13H14N4OS/c14-7-6-10-8-17-13(15-10)19-12(16-17)9-18-11-4-2-1-3-5-11/h1-5,8H,6-7,9,14H2. The van der Waals surface area contributed by atoms with Crippen molar-refractivity contribution in [1.82, 2.24) is 14.6 Å². The zero-order chi connectivity index (χ0) is 13.1. The normalized spacial score (nSPS) is 11.0. The molecule has 0 atom stereocenters. The second-order valence-electron chi connectivity index (χ2n) is 4.10. The summed E-state index contributed by atoms with van der Waals surface area (Å²) in [6.45, 7) is 1.07. The van der Waals surface area contributed by atoms with Gasteiger partial charge in [0, 0.05) is 6.42 Å². The summed E-state index contributed by atoms with van der Waals surface area (Å²) < 4.78 is 7.45. The summed E-state index contributed by atoms with van der Waals surface area (Å²) >= 11 is 1.54. The lowest BCUT2D eigenvalue weighted by Gasteiger charge is -2.01. The van der Waals surface area contributed by atoms with Crippen molar-refractivity contribution in [3.05, 3.63) is 47.2 Å². The fraction of sp³-hybridized carbons (Fsp3) is 0.231. The van der Waals surface area contributed by atoms with Gasteiger partial charge in [-0.1, -0.05) is 29.5 Å². The first-order valence-corrected chi connectivity index (χ1v) is 6.88. The highest BCUT2D eigenvalue weighted by Crippen LogP contribution is 2.17. The van der Waals surface area contributed by atoms with E-state index in [1.54, 1.807) is 4.52 Å². The molecule has 0 spiro atoms. The Bertz CT molecular complexity index is 630. The molecule has 6 heteroatoms. The monoisotopic (exact) mass is 274 g/mol. The van der Waals surface area contributed by atoms with Crippen LogP contribution in [0.4, 0.5) is 0 Å². The average Bonchev–Trinajstić information content (AvgIpc) is 2.96. The zero-order valence-electron chi connectivity index (χ0n) is 10.3. The molecule has 98 valence electrons. The molecule has 0 aliphatic carbocycles. The Labute approximate surface area is 114 Å². The van der Waals surface area contributed by atoms with Gasteiger partial charge in [0.1, 0.15) is 12.4 Å². The lowest BCUT2D eigenvalue weighted by Crippen LogP contribution is -2.02. The molecule has 0 bridgehead atoms. The highest BCUT2D eigenvalue weighted by molar-refractivity contribution is 7.16. The Morgan fingerprint density at radius 1 is 1.26 bits per heavy atom. The van der Waals surface area contributed by atoms with E-state index < -0.39 is 0 Å². The summed E-state index contributed by atoms with van der Waals surface area (Å²) in [5, 5.41) is 5.35.